The first-order valence-corrected chi connectivity index (χ1v) is 21.2. The maximum absolute atomic E-state index is 2.53. The maximum atomic E-state index is 2.53. The molecule has 0 unspecified atom stereocenters. The second-order valence-corrected chi connectivity index (χ2v) is 18.5. The smallest absolute Gasteiger partial charge is 0.0465 e. The van der Waals surface area contributed by atoms with Gasteiger partial charge in [-0.3, -0.25) is 0 Å². The molecule has 0 saturated heterocycles. The molecule has 6 aliphatic carbocycles. The molecule has 54 heavy (non-hydrogen) atoms. The Kier molecular flexibility index (Phi) is 7.73. The Hall–Kier alpha value is -4.62. The van der Waals surface area contributed by atoms with Gasteiger partial charge in [0, 0.05) is 22.5 Å². The molecule has 0 aliphatic heterocycles. The molecule has 6 aromatic rings. The molecule has 12 rings (SSSR count). The normalized spacial score (nSPS) is 25.1. The molecule has 6 aromatic carbocycles. The summed E-state index contributed by atoms with van der Waals surface area (Å²) in [6.07, 6.45) is 14.2. The van der Waals surface area contributed by atoms with E-state index in [9.17, 15) is 0 Å². The summed E-state index contributed by atoms with van der Waals surface area (Å²) in [6.45, 7) is 4.83. The average molecular weight is 704 g/mol. The van der Waals surface area contributed by atoms with Gasteiger partial charge in [-0.05, 0) is 184 Å². The summed E-state index contributed by atoms with van der Waals surface area (Å²) >= 11 is 0. The van der Waals surface area contributed by atoms with Gasteiger partial charge in [-0.15, -0.1) is 0 Å². The highest BCUT2D eigenvalue weighted by Crippen LogP contribution is 2.60. The van der Waals surface area contributed by atoms with Crippen molar-refractivity contribution in [2.45, 2.75) is 95.3 Å². The summed E-state index contributed by atoms with van der Waals surface area (Å²) in [4.78, 5) is 2.53. The minimum absolute atomic E-state index is 0.0948. The van der Waals surface area contributed by atoms with Crippen LogP contribution in [0.1, 0.15) is 112 Å². The van der Waals surface area contributed by atoms with Crippen LogP contribution in [0.2, 0.25) is 0 Å². The van der Waals surface area contributed by atoms with Gasteiger partial charge in [-0.2, -0.15) is 0 Å². The Morgan fingerprint density at radius 3 is 1.80 bits per heavy atom. The minimum atomic E-state index is -0.0948. The molecule has 270 valence electrons. The largest absolute Gasteiger partial charge is 0.310 e. The molecule has 1 nitrogen and oxygen atoms in total. The molecule has 0 spiro atoms. The van der Waals surface area contributed by atoms with Gasteiger partial charge in [-0.1, -0.05) is 112 Å². The summed E-state index contributed by atoms with van der Waals surface area (Å²) in [5, 5.41) is 2.58. The standard InChI is InChI=1S/C53H53N/c1-53(2)50-25-18-42(41-13-12-37-10-6-7-11-40(37)31-41)32-49(50)48-24-23-47(33-51(48)53)54(45-19-14-38(15-20-45)36-8-4-3-5-9-36)46-21-16-39(17-22-46)52-43-27-34-26-35(29-43)30-44(52)28-34/h6-7,10-25,31-36,43-44,52H,3-5,8-9,26-30H2,1-2H3. The Labute approximate surface area is 322 Å². The summed E-state index contributed by atoms with van der Waals surface area (Å²) < 4.78 is 0. The van der Waals surface area contributed by atoms with E-state index in [1.807, 2.05) is 0 Å². The lowest BCUT2D eigenvalue weighted by atomic mass is 9.51. The van der Waals surface area contributed by atoms with Crippen molar-refractivity contribution in [1.29, 1.82) is 0 Å². The van der Waals surface area contributed by atoms with Crippen molar-refractivity contribution in [3.8, 4) is 22.3 Å². The fourth-order valence-corrected chi connectivity index (χ4v) is 12.5. The minimum Gasteiger partial charge on any atom is -0.310 e. The Balaban J connectivity index is 0.970. The van der Waals surface area contributed by atoms with E-state index in [0.717, 1.165) is 29.6 Å². The van der Waals surface area contributed by atoms with Crippen molar-refractivity contribution in [3.05, 3.63) is 150 Å². The number of rotatable bonds is 6. The highest BCUT2D eigenvalue weighted by Gasteiger charge is 2.48. The van der Waals surface area contributed by atoms with Crippen molar-refractivity contribution in [2.24, 2.45) is 23.7 Å². The van der Waals surface area contributed by atoms with E-state index in [-0.39, 0.29) is 5.41 Å². The first kappa shape index (κ1) is 32.8. The molecule has 5 saturated carbocycles. The highest BCUT2D eigenvalue weighted by atomic mass is 15.1. The van der Waals surface area contributed by atoms with E-state index in [1.165, 1.54) is 131 Å². The van der Waals surface area contributed by atoms with Gasteiger partial charge in [0.2, 0.25) is 0 Å². The molecule has 0 amide bonds. The molecular weight excluding hydrogens is 651 g/mol. The molecule has 4 bridgehead atoms. The number of anilines is 3. The third kappa shape index (κ3) is 5.40. The number of hydrogen-bond donors (Lipinski definition) is 0. The number of nitrogens with zero attached hydrogens (tertiary/aromatic N) is 1. The molecule has 6 aliphatic rings. The lowest BCUT2D eigenvalue weighted by Crippen LogP contribution is -2.43. The zero-order valence-corrected chi connectivity index (χ0v) is 32.1. The highest BCUT2D eigenvalue weighted by molar-refractivity contribution is 5.91. The predicted octanol–water partition coefficient (Wildman–Crippen LogP) is 14.9. The molecule has 0 aromatic heterocycles. The number of benzene rings is 6. The first-order chi connectivity index (χ1) is 26.5. The van der Waals surface area contributed by atoms with Crippen molar-refractivity contribution in [1.82, 2.24) is 0 Å². The summed E-state index contributed by atoms with van der Waals surface area (Å²) in [7, 11) is 0. The SMILES string of the molecule is CC1(C)c2ccc(-c3ccc4ccccc4c3)cc2-c2ccc(N(c3ccc(C4CCCCC4)cc3)c3ccc(C4C5CC6CC(C5)CC4C6)cc3)cc21. The van der Waals surface area contributed by atoms with E-state index in [0.29, 0.717) is 5.92 Å². The van der Waals surface area contributed by atoms with Gasteiger partial charge in [0.15, 0.2) is 0 Å². The molecule has 0 heterocycles. The zero-order valence-electron chi connectivity index (χ0n) is 32.1. The average Bonchev–Trinajstić information content (AvgIpc) is 3.43. The van der Waals surface area contributed by atoms with Crippen LogP contribution in [0.4, 0.5) is 17.1 Å². The fraction of sp³-hybridized carbons (Fsp3) is 0.358. The van der Waals surface area contributed by atoms with Gasteiger partial charge in [0.05, 0.1) is 0 Å². The van der Waals surface area contributed by atoms with Crippen molar-refractivity contribution < 1.29 is 0 Å². The van der Waals surface area contributed by atoms with Crippen LogP contribution in [0.3, 0.4) is 0 Å². The summed E-state index contributed by atoms with van der Waals surface area (Å²) in [6, 6.07) is 49.6. The van der Waals surface area contributed by atoms with Gasteiger partial charge in [0.25, 0.3) is 0 Å². The topological polar surface area (TPSA) is 3.24 Å². The van der Waals surface area contributed by atoms with Gasteiger partial charge >= 0.3 is 0 Å². The van der Waals surface area contributed by atoms with Gasteiger partial charge < -0.3 is 4.90 Å². The second-order valence-electron chi connectivity index (χ2n) is 18.5. The van der Waals surface area contributed by atoms with Crippen molar-refractivity contribution >= 4 is 27.8 Å². The monoisotopic (exact) mass is 703 g/mol. The summed E-state index contributed by atoms with van der Waals surface area (Å²) in [5.41, 5.74) is 14.9. The van der Waals surface area contributed by atoms with Crippen LogP contribution in [0.5, 0.6) is 0 Å². The zero-order chi connectivity index (χ0) is 36.0. The van der Waals surface area contributed by atoms with Crippen LogP contribution in [0, 0.1) is 23.7 Å². The quantitative estimate of drug-likeness (QED) is 0.167. The van der Waals surface area contributed by atoms with E-state index >= 15 is 0 Å². The lowest BCUT2D eigenvalue weighted by molar-refractivity contribution is -0.00277. The molecular formula is C53H53N. The number of hydrogen-bond acceptors (Lipinski definition) is 1. The lowest BCUT2D eigenvalue weighted by Gasteiger charge is -2.54. The predicted molar refractivity (Wildman–Crippen MR) is 227 cm³/mol. The van der Waals surface area contributed by atoms with E-state index < -0.39 is 0 Å². The molecule has 0 radical (unpaired) electrons. The van der Waals surface area contributed by atoms with E-state index in [4.69, 9.17) is 0 Å². The third-order valence-electron chi connectivity index (χ3n) is 15.0. The van der Waals surface area contributed by atoms with Crippen LogP contribution in [0.25, 0.3) is 33.0 Å². The van der Waals surface area contributed by atoms with Crippen molar-refractivity contribution in [2.75, 3.05) is 4.90 Å². The maximum Gasteiger partial charge on any atom is 0.0465 e. The van der Waals surface area contributed by atoms with Crippen molar-refractivity contribution in [3.63, 3.8) is 0 Å². The Morgan fingerprint density at radius 1 is 0.481 bits per heavy atom. The first-order valence-electron chi connectivity index (χ1n) is 21.2. The third-order valence-corrected chi connectivity index (χ3v) is 15.0. The van der Waals surface area contributed by atoms with Crippen LogP contribution >= 0.6 is 0 Å². The summed E-state index contributed by atoms with van der Waals surface area (Å²) in [5.74, 6) is 5.29. The molecule has 5 fully saturated rings. The Morgan fingerprint density at radius 2 is 1.09 bits per heavy atom. The Bertz CT molecular complexity index is 2330. The van der Waals surface area contributed by atoms with Gasteiger partial charge in [-0.25, -0.2) is 0 Å². The van der Waals surface area contributed by atoms with Crippen LogP contribution in [-0.2, 0) is 5.41 Å². The number of fused-ring (bicyclic) bond motifs is 4. The van der Waals surface area contributed by atoms with Crippen LogP contribution < -0.4 is 4.90 Å². The van der Waals surface area contributed by atoms with Crippen LogP contribution in [-0.4, -0.2) is 0 Å². The molecule has 0 atom stereocenters. The van der Waals surface area contributed by atoms with Gasteiger partial charge in [0.1, 0.15) is 0 Å². The van der Waals surface area contributed by atoms with E-state index in [1.54, 1.807) is 5.56 Å². The van der Waals surface area contributed by atoms with Crippen LogP contribution in [0.15, 0.2) is 127 Å². The molecule has 0 N–H and O–H groups in total. The second kappa shape index (κ2) is 12.7. The fourth-order valence-electron chi connectivity index (χ4n) is 12.5. The molecule has 1 heteroatoms. The van der Waals surface area contributed by atoms with E-state index in [2.05, 4.69) is 146 Å².